The van der Waals surface area contributed by atoms with Gasteiger partial charge < -0.3 is 19.8 Å². The van der Waals surface area contributed by atoms with E-state index in [1.165, 1.54) is 10.8 Å². The number of rotatable bonds is 3. The maximum Gasteiger partial charge on any atom is 0.433 e. The minimum Gasteiger partial charge on any atom is -0.357 e. The van der Waals surface area contributed by atoms with Gasteiger partial charge in [0.25, 0.3) is 11.5 Å². The quantitative estimate of drug-likeness (QED) is 0.677. The predicted octanol–water partition coefficient (Wildman–Crippen LogP) is 2.07. The van der Waals surface area contributed by atoms with E-state index in [0.717, 1.165) is 12.3 Å². The molecule has 0 spiro atoms. The van der Waals surface area contributed by atoms with Gasteiger partial charge in [-0.25, -0.2) is 9.97 Å². The number of amides is 1. The molecule has 0 atom stereocenters. The molecule has 2 N–H and O–H groups in total. The van der Waals surface area contributed by atoms with Crippen LogP contribution >= 0.6 is 0 Å². The highest BCUT2D eigenvalue weighted by molar-refractivity contribution is 6.06. The number of halogens is 3. The molecule has 11 heteroatoms. The van der Waals surface area contributed by atoms with Crippen molar-refractivity contribution in [3.05, 3.63) is 52.3 Å². The topological polar surface area (TPSA) is 95.9 Å². The van der Waals surface area contributed by atoms with Crippen LogP contribution in [-0.2, 0) is 13.2 Å². The monoisotopic (exact) mass is 420 g/mol. The smallest absolute Gasteiger partial charge is 0.357 e. The molecule has 1 fully saturated rings. The van der Waals surface area contributed by atoms with Gasteiger partial charge in [-0.2, -0.15) is 13.2 Å². The van der Waals surface area contributed by atoms with Crippen molar-refractivity contribution in [2.24, 2.45) is 7.05 Å². The third-order valence-electron chi connectivity index (χ3n) is 5.19. The van der Waals surface area contributed by atoms with Crippen molar-refractivity contribution in [3.63, 3.8) is 0 Å². The molecule has 8 nitrogen and oxygen atoms in total. The van der Waals surface area contributed by atoms with Gasteiger partial charge >= 0.3 is 6.18 Å². The number of carbonyl (C=O) groups excluding carboxylic acids is 1. The zero-order valence-electron chi connectivity index (χ0n) is 16.0. The molecule has 0 radical (unpaired) electrons. The zero-order valence-corrected chi connectivity index (χ0v) is 16.0. The van der Waals surface area contributed by atoms with Crippen molar-refractivity contribution in [1.82, 2.24) is 24.8 Å². The summed E-state index contributed by atoms with van der Waals surface area (Å²) in [6, 6.07) is 2.37. The van der Waals surface area contributed by atoms with E-state index in [0.29, 0.717) is 42.4 Å². The van der Waals surface area contributed by atoms with Crippen LogP contribution in [0.5, 0.6) is 0 Å². The predicted molar refractivity (Wildman–Crippen MR) is 103 cm³/mol. The lowest BCUT2D eigenvalue weighted by Gasteiger charge is -2.32. The van der Waals surface area contributed by atoms with Crippen molar-refractivity contribution >= 4 is 22.8 Å². The molecule has 3 aromatic heterocycles. The van der Waals surface area contributed by atoms with E-state index in [4.69, 9.17) is 0 Å². The number of H-pyrrole nitrogens is 1. The van der Waals surface area contributed by atoms with Crippen molar-refractivity contribution < 1.29 is 18.0 Å². The van der Waals surface area contributed by atoms with E-state index in [-0.39, 0.29) is 23.5 Å². The molecule has 4 heterocycles. The third kappa shape index (κ3) is 3.74. The lowest BCUT2D eigenvalue weighted by molar-refractivity contribution is -0.141. The van der Waals surface area contributed by atoms with Crippen molar-refractivity contribution in [1.29, 1.82) is 0 Å². The number of alkyl halides is 3. The average Bonchev–Trinajstić information content (AvgIpc) is 3.21. The van der Waals surface area contributed by atoms with Gasteiger partial charge in [0.15, 0.2) is 0 Å². The number of aromatic nitrogens is 4. The first-order valence-electron chi connectivity index (χ1n) is 9.37. The Hall–Kier alpha value is -3.37. The fourth-order valence-electron chi connectivity index (χ4n) is 3.60. The minimum absolute atomic E-state index is 0.0293. The SMILES string of the molecule is Cn1cc(C(=O)NC2CCN(c3nccc(C(F)(F)F)n3)CC2)c2cc[nH]c2c1=O. The van der Waals surface area contributed by atoms with Gasteiger partial charge in [0.2, 0.25) is 5.95 Å². The normalized spacial score (nSPS) is 15.5. The van der Waals surface area contributed by atoms with E-state index < -0.39 is 11.9 Å². The summed E-state index contributed by atoms with van der Waals surface area (Å²) in [5.41, 5.74) is -0.451. The largest absolute Gasteiger partial charge is 0.433 e. The van der Waals surface area contributed by atoms with Crippen molar-refractivity contribution in [2.75, 3.05) is 18.0 Å². The highest BCUT2D eigenvalue weighted by Crippen LogP contribution is 2.28. The van der Waals surface area contributed by atoms with Gasteiger partial charge in [0.05, 0.1) is 5.56 Å². The van der Waals surface area contributed by atoms with Gasteiger partial charge in [-0.15, -0.1) is 0 Å². The lowest BCUT2D eigenvalue weighted by Crippen LogP contribution is -2.45. The highest BCUT2D eigenvalue weighted by Gasteiger charge is 2.33. The van der Waals surface area contributed by atoms with Gasteiger partial charge in [-0.05, 0) is 25.0 Å². The van der Waals surface area contributed by atoms with Crippen LogP contribution in [0.2, 0.25) is 0 Å². The first-order valence-corrected chi connectivity index (χ1v) is 9.37. The molecule has 4 rings (SSSR count). The molecule has 3 aromatic rings. The summed E-state index contributed by atoms with van der Waals surface area (Å²) in [5.74, 6) is -0.273. The second kappa shape index (κ2) is 7.47. The van der Waals surface area contributed by atoms with Gasteiger partial charge in [-0.1, -0.05) is 0 Å². The number of anilines is 1. The molecule has 1 aliphatic heterocycles. The highest BCUT2D eigenvalue weighted by atomic mass is 19.4. The zero-order chi connectivity index (χ0) is 21.5. The standard InChI is InChI=1S/C19H19F3N6O2/c1-27-10-13(12-2-6-23-15(12)17(27)30)16(29)25-11-4-8-28(9-5-11)18-24-7-3-14(26-18)19(20,21)22/h2-3,6-7,10-11,23H,4-5,8-9H2,1H3,(H,25,29). The Morgan fingerprint density at radius 2 is 2.00 bits per heavy atom. The Kier molecular flexibility index (Phi) is 4.96. The maximum atomic E-state index is 12.9. The number of hydrogen-bond donors (Lipinski definition) is 2. The molecule has 0 unspecified atom stereocenters. The summed E-state index contributed by atoms with van der Waals surface area (Å²) >= 11 is 0. The van der Waals surface area contributed by atoms with Crippen LogP contribution in [0.4, 0.5) is 19.1 Å². The molecule has 1 aliphatic rings. The minimum atomic E-state index is -4.52. The summed E-state index contributed by atoms with van der Waals surface area (Å²) in [6.07, 6.45) is 0.751. The molecular formula is C19H19F3N6O2. The summed E-state index contributed by atoms with van der Waals surface area (Å²) in [5, 5.41) is 3.50. The first kappa shape index (κ1) is 19.9. The number of pyridine rings is 1. The molecule has 158 valence electrons. The van der Waals surface area contributed by atoms with Crippen LogP contribution in [0.1, 0.15) is 28.9 Å². The Balaban J connectivity index is 1.44. The number of piperidine rings is 1. The Labute approximate surface area is 168 Å². The number of fused-ring (bicyclic) bond motifs is 1. The molecule has 1 saturated heterocycles. The Bertz CT molecular complexity index is 1150. The Morgan fingerprint density at radius 3 is 2.70 bits per heavy atom. The number of aromatic amines is 1. The maximum absolute atomic E-state index is 12.9. The molecule has 1 amide bonds. The van der Waals surface area contributed by atoms with Gasteiger partial charge in [0, 0.05) is 50.2 Å². The number of nitrogens with zero attached hydrogens (tertiary/aromatic N) is 4. The van der Waals surface area contributed by atoms with E-state index in [9.17, 15) is 22.8 Å². The Morgan fingerprint density at radius 1 is 1.27 bits per heavy atom. The number of aryl methyl sites for hydroxylation is 1. The van der Waals surface area contributed by atoms with Crippen LogP contribution in [0.3, 0.4) is 0 Å². The van der Waals surface area contributed by atoms with Crippen LogP contribution in [0, 0.1) is 0 Å². The average molecular weight is 420 g/mol. The lowest BCUT2D eigenvalue weighted by atomic mass is 10.0. The molecule has 0 bridgehead atoms. The summed E-state index contributed by atoms with van der Waals surface area (Å²) in [7, 11) is 1.58. The fraction of sp³-hybridized carbons (Fsp3) is 0.368. The number of hydrogen-bond acceptors (Lipinski definition) is 5. The van der Waals surface area contributed by atoms with E-state index in [1.807, 2.05) is 0 Å². The van der Waals surface area contributed by atoms with Gasteiger partial charge in [0.1, 0.15) is 11.2 Å². The number of nitrogens with one attached hydrogen (secondary N) is 2. The summed E-state index contributed by atoms with van der Waals surface area (Å²) < 4.78 is 39.9. The molecule has 0 aromatic carbocycles. The fourth-order valence-corrected chi connectivity index (χ4v) is 3.60. The summed E-state index contributed by atoms with van der Waals surface area (Å²) in [4.78, 5) is 37.0. The molecule has 0 aliphatic carbocycles. The van der Waals surface area contributed by atoms with Crippen LogP contribution in [0.15, 0.2) is 35.5 Å². The van der Waals surface area contributed by atoms with Crippen LogP contribution in [-0.4, -0.2) is 44.6 Å². The third-order valence-corrected chi connectivity index (χ3v) is 5.19. The van der Waals surface area contributed by atoms with Gasteiger partial charge in [-0.3, -0.25) is 9.59 Å². The van der Waals surface area contributed by atoms with E-state index >= 15 is 0 Å². The van der Waals surface area contributed by atoms with Crippen molar-refractivity contribution in [2.45, 2.75) is 25.1 Å². The van der Waals surface area contributed by atoms with Crippen molar-refractivity contribution in [3.8, 4) is 0 Å². The molecular weight excluding hydrogens is 401 g/mol. The van der Waals surface area contributed by atoms with E-state index in [1.54, 1.807) is 24.2 Å². The second-order valence-corrected chi connectivity index (χ2v) is 7.20. The second-order valence-electron chi connectivity index (χ2n) is 7.20. The van der Waals surface area contributed by atoms with Crippen LogP contribution < -0.4 is 15.8 Å². The first-order chi connectivity index (χ1) is 14.2. The molecule has 30 heavy (non-hydrogen) atoms. The summed E-state index contributed by atoms with van der Waals surface area (Å²) in [6.45, 7) is 0.832. The number of carbonyl (C=O) groups is 1. The van der Waals surface area contributed by atoms with Crippen LogP contribution in [0.25, 0.3) is 10.9 Å². The van der Waals surface area contributed by atoms with E-state index in [2.05, 4.69) is 20.3 Å². The molecule has 0 saturated carbocycles.